The molecular weight excluding hydrogens is 341 g/mol. The van der Waals surface area contributed by atoms with Crippen molar-refractivity contribution in [2.24, 2.45) is 5.10 Å². The Hall–Kier alpha value is -2.69. The molecule has 1 N–H and O–H groups in total. The van der Waals surface area contributed by atoms with Crippen molar-refractivity contribution >= 4 is 17.8 Å². The number of hydrazone groups is 1. The summed E-state index contributed by atoms with van der Waals surface area (Å²) in [5, 5.41) is 4.03. The van der Waals surface area contributed by atoms with Gasteiger partial charge < -0.3 is 4.90 Å². The van der Waals surface area contributed by atoms with Crippen LogP contribution in [0, 0.1) is 5.82 Å². The Bertz CT molecular complexity index is 876. The highest BCUT2D eigenvalue weighted by atomic mass is 19.1. The highest BCUT2D eigenvalue weighted by Gasteiger charge is 2.35. The van der Waals surface area contributed by atoms with Crippen molar-refractivity contribution in [3.63, 3.8) is 0 Å². The molecule has 1 unspecified atom stereocenters. The first-order valence-corrected chi connectivity index (χ1v) is 9.32. The Morgan fingerprint density at radius 1 is 1.33 bits per heavy atom. The van der Waals surface area contributed by atoms with Gasteiger partial charge in [-0.25, -0.2) is 9.82 Å². The summed E-state index contributed by atoms with van der Waals surface area (Å²) in [5.41, 5.74) is 6.32. The number of nitrogens with zero attached hydrogens (tertiary/aromatic N) is 2. The minimum absolute atomic E-state index is 0.135. The Morgan fingerprint density at radius 2 is 2.11 bits per heavy atom. The van der Waals surface area contributed by atoms with E-state index >= 15 is 0 Å². The van der Waals surface area contributed by atoms with Crippen molar-refractivity contribution < 1.29 is 9.18 Å². The van der Waals surface area contributed by atoms with Gasteiger partial charge in [-0.05, 0) is 74.6 Å². The van der Waals surface area contributed by atoms with E-state index in [4.69, 9.17) is 0 Å². The van der Waals surface area contributed by atoms with Crippen LogP contribution in [0.15, 0.2) is 47.6 Å². The maximum atomic E-state index is 13.2. The van der Waals surface area contributed by atoms with Crippen molar-refractivity contribution in [3.05, 3.63) is 65.0 Å². The van der Waals surface area contributed by atoms with Crippen LogP contribution in [0.1, 0.15) is 61.5 Å². The molecule has 1 aliphatic heterocycles. The smallest absolute Gasteiger partial charge is 0.271 e. The summed E-state index contributed by atoms with van der Waals surface area (Å²) >= 11 is 0. The van der Waals surface area contributed by atoms with Gasteiger partial charge in [0.2, 0.25) is 0 Å². The largest absolute Gasteiger partial charge is 0.366 e. The van der Waals surface area contributed by atoms with Crippen molar-refractivity contribution in [1.29, 1.82) is 0 Å². The molecule has 2 aromatic carbocycles. The van der Waals surface area contributed by atoms with Crippen molar-refractivity contribution in [2.45, 2.75) is 45.6 Å². The Morgan fingerprint density at radius 3 is 2.81 bits per heavy atom. The molecule has 3 rings (SSSR count). The number of anilines is 1. The molecule has 0 fully saturated rings. The van der Waals surface area contributed by atoms with Gasteiger partial charge in [0, 0.05) is 23.3 Å². The number of nitrogens with one attached hydrogen (secondary N) is 1. The molecule has 0 aromatic heterocycles. The predicted molar refractivity (Wildman–Crippen MR) is 108 cm³/mol. The van der Waals surface area contributed by atoms with Gasteiger partial charge in [-0.1, -0.05) is 19.1 Å². The topological polar surface area (TPSA) is 44.7 Å². The molecule has 0 saturated heterocycles. The molecule has 1 heterocycles. The van der Waals surface area contributed by atoms with Gasteiger partial charge in [-0.2, -0.15) is 5.10 Å². The Balaban J connectivity index is 1.76. The average Bonchev–Trinajstić information content (AvgIpc) is 2.61. The molecule has 0 bridgehead atoms. The maximum Gasteiger partial charge on any atom is 0.271 e. The fraction of sp³-hybridized carbons (Fsp3) is 0.364. The van der Waals surface area contributed by atoms with Gasteiger partial charge in [0.1, 0.15) is 5.82 Å². The van der Waals surface area contributed by atoms with Gasteiger partial charge in [0.25, 0.3) is 5.91 Å². The van der Waals surface area contributed by atoms with Crippen molar-refractivity contribution in [1.82, 2.24) is 5.43 Å². The normalized spacial score (nSPS) is 18.4. The SMILES string of the molecule is CCN1c2ccc(/C=N\NC(=O)c3cccc(F)c3)cc2C(C)CC1(C)C. The number of carbonyl (C=O) groups excluding carboxylic acids is 1. The first-order chi connectivity index (χ1) is 12.8. The van der Waals surface area contributed by atoms with Crippen molar-refractivity contribution in [2.75, 3.05) is 11.4 Å². The third kappa shape index (κ3) is 4.02. The fourth-order valence-corrected chi connectivity index (χ4v) is 4.05. The molecule has 142 valence electrons. The van der Waals surface area contributed by atoms with E-state index in [0.717, 1.165) is 18.5 Å². The van der Waals surface area contributed by atoms with E-state index in [1.165, 1.54) is 29.4 Å². The zero-order valence-electron chi connectivity index (χ0n) is 16.3. The number of carbonyl (C=O) groups is 1. The molecule has 1 aliphatic rings. The first kappa shape index (κ1) is 19.1. The van der Waals surface area contributed by atoms with Gasteiger partial charge in [-0.15, -0.1) is 0 Å². The van der Waals surface area contributed by atoms with E-state index in [1.54, 1.807) is 12.3 Å². The summed E-state index contributed by atoms with van der Waals surface area (Å²) in [4.78, 5) is 14.5. The summed E-state index contributed by atoms with van der Waals surface area (Å²) in [6, 6.07) is 11.8. The highest BCUT2D eigenvalue weighted by Crippen LogP contribution is 2.43. The van der Waals surface area contributed by atoms with Crippen LogP contribution in [0.3, 0.4) is 0 Å². The van der Waals surface area contributed by atoms with Crippen LogP contribution in [0.25, 0.3) is 0 Å². The summed E-state index contributed by atoms with van der Waals surface area (Å²) in [6.07, 6.45) is 2.71. The molecule has 2 aromatic rings. The number of halogens is 1. The zero-order valence-corrected chi connectivity index (χ0v) is 16.3. The molecule has 4 nitrogen and oxygen atoms in total. The average molecular weight is 367 g/mol. The number of fused-ring (bicyclic) bond motifs is 1. The standard InChI is InChI=1S/C22H26FN3O/c1-5-26-20-10-9-16(11-19(20)15(2)13-22(26,3)4)14-24-25-21(27)17-7-6-8-18(23)12-17/h6-12,14-15H,5,13H2,1-4H3,(H,25,27)/b24-14-. The number of benzene rings is 2. The molecule has 1 atom stereocenters. The van der Waals surface area contributed by atoms with E-state index < -0.39 is 11.7 Å². The highest BCUT2D eigenvalue weighted by molar-refractivity contribution is 5.94. The second-order valence-corrected chi connectivity index (χ2v) is 7.69. The van der Waals surface area contributed by atoms with E-state index in [2.05, 4.69) is 55.3 Å². The number of amides is 1. The minimum Gasteiger partial charge on any atom is -0.366 e. The molecule has 1 amide bonds. The minimum atomic E-state index is -0.446. The maximum absolute atomic E-state index is 13.2. The number of hydrogen-bond acceptors (Lipinski definition) is 3. The second-order valence-electron chi connectivity index (χ2n) is 7.69. The van der Waals surface area contributed by atoms with Gasteiger partial charge in [0.05, 0.1) is 6.21 Å². The quantitative estimate of drug-likeness (QED) is 0.629. The zero-order chi connectivity index (χ0) is 19.6. The second kappa shape index (κ2) is 7.51. The Labute approximate surface area is 160 Å². The van der Waals surface area contributed by atoms with Gasteiger partial charge in [0.15, 0.2) is 0 Å². The van der Waals surface area contributed by atoms with Crippen LogP contribution in [-0.4, -0.2) is 24.2 Å². The van der Waals surface area contributed by atoms with Crippen LogP contribution in [-0.2, 0) is 0 Å². The monoisotopic (exact) mass is 367 g/mol. The molecule has 0 saturated carbocycles. The molecule has 0 radical (unpaired) electrons. The molecule has 0 aliphatic carbocycles. The third-order valence-electron chi connectivity index (χ3n) is 5.19. The van der Waals surface area contributed by atoms with E-state index in [9.17, 15) is 9.18 Å². The van der Waals surface area contributed by atoms with E-state index in [-0.39, 0.29) is 11.1 Å². The van der Waals surface area contributed by atoms with Crippen LogP contribution < -0.4 is 10.3 Å². The first-order valence-electron chi connectivity index (χ1n) is 9.32. The van der Waals surface area contributed by atoms with E-state index in [1.807, 2.05) is 6.07 Å². The van der Waals surface area contributed by atoms with E-state index in [0.29, 0.717) is 5.92 Å². The molecule has 5 heteroatoms. The molecule has 27 heavy (non-hydrogen) atoms. The third-order valence-corrected chi connectivity index (χ3v) is 5.19. The molecule has 0 spiro atoms. The Kier molecular flexibility index (Phi) is 5.31. The predicted octanol–water partition coefficient (Wildman–Crippen LogP) is 4.70. The van der Waals surface area contributed by atoms with Crippen LogP contribution in [0.4, 0.5) is 10.1 Å². The number of hydrogen-bond donors (Lipinski definition) is 1. The van der Waals surface area contributed by atoms with Crippen LogP contribution in [0.2, 0.25) is 0 Å². The van der Waals surface area contributed by atoms with Crippen LogP contribution >= 0.6 is 0 Å². The summed E-state index contributed by atoms with van der Waals surface area (Å²) in [5.74, 6) is -0.428. The summed E-state index contributed by atoms with van der Waals surface area (Å²) in [6.45, 7) is 9.96. The van der Waals surface area contributed by atoms with Crippen LogP contribution in [0.5, 0.6) is 0 Å². The lowest BCUT2D eigenvalue weighted by Crippen LogP contribution is -2.48. The van der Waals surface area contributed by atoms with Gasteiger partial charge >= 0.3 is 0 Å². The number of rotatable bonds is 4. The van der Waals surface area contributed by atoms with Gasteiger partial charge in [-0.3, -0.25) is 4.79 Å². The van der Waals surface area contributed by atoms with Crippen molar-refractivity contribution in [3.8, 4) is 0 Å². The lowest BCUT2D eigenvalue weighted by atomic mass is 9.79. The summed E-state index contributed by atoms with van der Waals surface area (Å²) in [7, 11) is 0. The fourth-order valence-electron chi connectivity index (χ4n) is 4.05. The summed E-state index contributed by atoms with van der Waals surface area (Å²) < 4.78 is 13.2. The lowest BCUT2D eigenvalue weighted by Gasteiger charge is -2.47. The lowest BCUT2D eigenvalue weighted by molar-refractivity contribution is 0.0954. The molecular formula is C22H26FN3O.